The van der Waals surface area contributed by atoms with E-state index in [-0.39, 0.29) is 6.61 Å². The number of aliphatic carboxylic acids is 1. The molecular formula is C12H14N2O6. The number of nitrogens with one attached hydrogen (secondary N) is 2. The summed E-state index contributed by atoms with van der Waals surface area (Å²) in [7, 11) is 0. The molecule has 0 saturated heterocycles. The van der Waals surface area contributed by atoms with E-state index in [0.29, 0.717) is 0 Å². The molecule has 0 radical (unpaired) electrons. The maximum absolute atomic E-state index is 11.2. The van der Waals surface area contributed by atoms with E-state index in [1.807, 2.05) is 6.07 Å². The van der Waals surface area contributed by atoms with Crippen LogP contribution in [0.15, 0.2) is 30.3 Å². The SMILES string of the molecule is O=C(CNC(=O)OCc1ccccc1)NC(O)C(=O)O. The summed E-state index contributed by atoms with van der Waals surface area (Å²) < 4.78 is 4.82. The number of carbonyl (C=O) groups is 3. The Kier molecular flexibility index (Phi) is 5.98. The van der Waals surface area contributed by atoms with Crippen LogP contribution in [0.25, 0.3) is 0 Å². The van der Waals surface area contributed by atoms with E-state index in [9.17, 15) is 14.4 Å². The van der Waals surface area contributed by atoms with Gasteiger partial charge in [-0.1, -0.05) is 30.3 Å². The third kappa shape index (κ3) is 5.83. The van der Waals surface area contributed by atoms with Gasteiger partial charge in [-0.2, -0.15) is 0 Å². The number of hydrogen-bond donors (Lipinski definition) is 4. The highest BCUT2D eigenvalue weighted by Crippen LogP contribution is 2.00. The van der Waals surface area contributed by atoms with Crippen LogP contribution in [0.1, 0.15) is 5.56 Å². The molecular weight excluding hydrogens is 268 g/mol. The first kappa shape index (κ1) is 15.4. The maximum Gasteiger partial charge on any atom is 0.407 e. The molecule has 0 fully saturated rings. The maximum atomic E-state index is 11.2. The highest BCUT2D eigenvalue weighted by atomic mass is 16.5. The number of ether oxygens (including phenoxy) is 1. The molecule has 0 heterocycles. The van der Waals surface area contributed by atoms with Gasteiger partial charge in [0.2, 0.25) is 12.1 Å². The molecule has 1 aromatic rings. The largest absolute Gasteiger partial charge is 0.478 e. The Morgan fingerprint density at radius 3 is 2.45 bits per heavy atom. The first-order valence-electron chi connectivity index (χ1n) is 5.64. The molecule has 0 bridgehead atoms. The fourth-order valence-corrected chi connectivity index (χ4v) is 1.19. The van der Waals surface area contributed by atoms with Gasteiger partial charge in [0.15, 0.2) is 0 Å². The molecule has 1 atom stereocenters. The summed E-state index contributed by atoms with van der Waals surface area (Å²) in [4.78, 5) is 32.6. The second kappa shape index (κ2) is 7.74. The van der Waals surface area contributed by atoms with Crippen molar-refractivity contribution in [3.05, 3.63) is 35.9 Å². The number of hydrogen-bond acceptors (Lipinski definition) is 5. The van der Waals surface area contributed by atoms with E-state index in [2.05, 4.69) is 5.32 Å². The van der Waals surface area contributed by atoms with Crippen molar-refractivity contribution >= 4 is 18.0 Å². The van der Waals surface area contributed by atoms with E-state index in [1.165, 1.54) is 0 Å². The van der Waals surface area contributed by atoms with Crippen molar-refractivity contribution < 1.29 is 29.3 Å². The van der Waals surface area contributed by atoms with E-state index in [4.69, 9.17) is 14.9 Å². The number of aliphatic hydroxyl groups excluding tert-OH is 1. The van der Waals surface area contributed by atoms with Crippen molar-refractivity contribution in [2.75, 3.05) is 6.54 Å². The monoisotopic (exact) mass is 282 g/mol. The summed E-state index contributed by atoms with van der Waals surface area (Å²) in [5.74, 6) is -2.44. The van der Waals surface area contributed by atoms with Gasteiger partial charge in [0.25, 0.3) is 0 Å². The Morgan fingerprint density at radius 2 is 1.85 bits per heavy atom. The number of alkyl carbamates (subject to hydrolysis) is 1. The van der Waals surface area contributed by atoms with Crippen LogP contribution in [0.2, 0.25) is 0 Å². The van der Waals surface area contributed by atoms with Gasteiger partial charge in [-0.05, 0) is 5.56 Å². The summed E-state index contributed by atoms with van der Waals surface area (Å²) in [5, 5.41) is 21.1. The van der Waals surface area contributed by atoms with Gasteiger partial charge >= 0.3 is 12.1 Å². The molecule has 0 aliphatic heterocycles. The first-order chi connectivity index (χ1) is 9.49. The molecule has 0 aromatic heterocycles. The van der Waals surface area contributed by atoms with Crippen LogP contribution in [-0.2, 0) is 20.9 Å². The number of carboxylic acid groups (broad SMARTS) is 1. The highest BCUT2D eigenvalue weighted by molar-refractivity contribution is 5.85. The van der Waals surface area contributed by atoms with Crippen LogP contribution in [0.5, 0.6) is 0 Å². The minimum absolute atomic E-state index is 0.0477. The minimum Gasteiger partial charge on any atom is -0.478 e. The lowest BCUT2D eigenvalue weighted by molar-refractivity contribution is -0.151. The highest BCUT2D eigenvalue weighted by Gasteiger charge is 2.16. The molecule has 108 valence electrons. The van der Waals surface area contributed by atoms with Crippen molar-refractivity contribution in [2.45, 2.75) is 12.8 Å². The molecule has 0 aliphatic rings. The van der Waals surface area contributed by atoms with Gasteiger partial charge in [0.1, 0.15) is 13.2 Å². The van der Waals surface area contributed by atoms with E-state index >= 15 is 0 Å². The zero-order valence-corrected chi connectivity index (χ0v) is 10.4. The van der Waals surface area contributed by atoms with Gasteiger partial charge < -0.3 is 25.6 Å². The molecule has 4 N–H and O–H groups in total. The standard InChI is InChI=1S/C12H14N2O6/c15-9(14-10(16)11(17)18)6-13-12(19)20-7-8-4-2-1-3-5-8/h1-5,10,16H,6-7H2,(H,13,19)(H,14,15)(H,17,18). The third-order valence-corrected chi connectivity index (χ3v) is 2.14. The van der Waals surface area contributed by atoms with E-state index < -0.39 is 30.7 Å². The smallest absolute Gasteiger partial charge is 0.407 e. The lowest BCUT2D eigenvalue weighted by atomic mass is 10.2. The quantitative estimate of drug-likeness (QED) is 0.518. The minimum atomic E-state index is -2.01. The van der Waals surface area contributed by atoms with Gasteiger partial charge in [0, 0.05) is 0 Å². The molecule has 20 heavy (non-hydrogen) atoms. The predicted molar refractivity (Wildman–Crippen MR) is 66.4 cm³/mol. The van der Waals surface area contributed by atoms with Gasteiger partial charge in [-0.3, -0.25) is 4.79 Å². The number of amides is 2. The fourth-order valence-electron chi connectivity index (χ4n) is 1.19. The number of rotatable bonds is 6. The zero-order valence-electron chi connectivity index (χ0n) is 10.4. The Hall–Kier alpha value is -2.61. The van der Waals surface area contributed by atoms with E-state index in [1.54, 1.807) is 29.6 Å². The van der Waals surface area contributed by atoms with Crippen LogP contribution in [0, 0.1) is 0 Å². The first-order valence-corrected chi connectivity index (χ1v) is 5.64. The van der Waals surface area contributed by atoms with Crippen molar-refractivity contribution in [1.29, 1.82) is 0 Å². The molecule has 0 saturated carbocycles. The fraction of sp³-hybridized carbons (Fsp3) is 0.250. The summed E-state index contributed by atoms with van der Waals surface area (Å²) in [6, 6.07) is 8.93. The van der Waals surface area contributed by atoms with Crippen molar-refractivity contribution in [1.82, 2.24) is 10.6 Å². The normalized spacial score (nSPS) is 11.2. The van der Waals surface area contributed by atoms with Crippen LogP contribution >= 0.6 is 0 Å². The molecule has 8 heteroatoms. The Balaban J connectivity index is 2.23. The summed E-state index contributed by atoms with van der Waals surface area (Å²) >= 11 is 0. The van der Waals surface area contributed by atoms with Crippen LogP contribution in [0.3, 0.4) is 0 Å². The Morgan fingerprint density at radius 1 is 1.20 bits per heavy atom. The van der Waals surface area contributed by atoms with Crippen LogP contribution in [0.4, 0.5) is 4.79 Å². The van der Waals surface area contributed by atoms with Crippen molar-refractivity contribution in [3.8, 4) is 0 Å². The van der Waals surface area contributed by atoms with Crippen LogP contribution in [-0.4, -0.2) is 41.0 Å². The average molecular weight is 282 g/mol. The van der Waals surface area contributed by atoms with Crippen molar-refractivity contribution in [3.63, 3.8) is 0 Å². The number of carbonyl (C=O) groups excluding carboxylic acids is 2. The predicted octanol–water partition coefficient (Wildman–Crippen LogP) is -0.568. The summed E-state index contributed by atoms with van der Waals surface area (Å²) in [6.45, 7) is -0.454. The molecule has 2 amide bonds. The molecule has 1 rings (SSSR count). The molecule has 1 unspecified atom stereocenters. The summed E-state index contributed by atoms with van der Waals surface area (Å²) in [5.41, 5.74) is 0.786. The van der Waals surface area contributed by atoms with E-state index in [0.717, 1.165) is 5.56 Å². The Labute approximate surface area is 114 Å². The lowest BCUT2D eigenvalue weighted by Gasteiger charge is -2.09. The van der Waals surface area contributed by atoms with Gasteiger partial charge in [-0.25, -0.2) is 9.59 Å². The molecule has 0 aliphatic carbocycles. The van der Waals surface area contributed by atoms with Crippen LogP contribution < -0.4 is 10.6 Å². The zero-order chi connectivity index (χ0) is 15.0. The third-order valence-electron chi connectivity index (χ3n) is 2.14. The number of benzene rings is 1. The molecule has 8 nitrogen and oxygen atoms in total. The lowest BCUT2D eigenvalue weighted by Crippen LogP contribution is -2.45. The Bertz CT molecular complexity index is 476. The summed E-state index contributed by atoms with van der Waals surface area (Å²) in [6.07, 6.45) is -2.83. The number of carboxylic acids is 1. The van der Waals surface area contributed by atoms with Gasteiger partial charge in [-0.15, -0.1) is 0 Å². The molecule has 0 spiro atoms. The van der Waals surface area contributed by atoms with Crippen molar-refractivity contribution in [2.24, 2.45) is 0 Å². The van der Waals surface area contributed by atoms with Gasteiger partial charge in [0.05, 0.1) is 0 Å². The second-order valence-corrected chi connectivity index (χ2v) is 3.72. The topological polar surface area (TPSA) is 125 Å². The second-order valence-electron chi connectivity index (χ2n) is 3.72. The average Bonchev–Trinajstić information content (AvgIpc) is 2.43. The molecule has 1 aromatic carbocycles. The number of aliphatic hydroxyl groups is 1.